The number of hydrogen-bond donors (Lipinski definition) is 1. The molecule has 3 aromatic carbocycles. The van der Waals surface area contributed by atoms with Crippen molar-refractivity contribution in [2.45, 2.75) is 25.8 Å². The maximum atomic E-state index is 13.6. The lowest BCUT2D eigenvalue weighted by atomic mass is 9.83. The Bertz CT molecular complexity index is 1290. The molecule has 2 heterocycles. The van der Waals surface area contributed by atoms with E-state index in [0.29, 0.717) is 25.9 Å². The maximum absolute atomic E-state index is 13.6. The van der Waals surface area contributed by atoms with E-state index in [4.69, 9.17) is 4.74 Å². The number of rotatable bonds is 7. The van der Waals surface area contributed by atoms with Crippen molar-refractivity contribution in [3.05, 3.63) is 93.5 Å². The number of non-ortho nitro benzene ring substituents is 1. The fourth-order valence-electron chi connectivity index (χ4n) is 5.57. The van der Waals surface area contributed by atoms with Crippen LogP contribution in [0.2, 0.25) is 0 Å². The highest BCUT2D eigenvalue weighted by Gasteiger charge is 2.42. The topological polar surface area (TPSA) is 87.9 Å². The molecule has 2 aliphatic rings. The van der Waals surface area contributed by atoms with E-state index < -0.39 is 0 Å². The number of benzene rings is 3. The Kier molecular flexibility index (Phi) is 6.99. The van der Waals surface area contributed by atoms with E-state index in [-0.39, 0.29) is 28.5 Å². The molecule has 2 aliphatic heterocycles. The number of carbonyl (C=O) groups is 1. The number of carbonyl (C=O) groups excluding carboxylic acids is 1. The first kappa shape index (κ1) is 24.6. The van der Waals surface area contributed by atoms with Crippen molar-refractivity contribution in [1.82, 2.24) is 5.32 Å². The van der Waals surface area contributed by atoms with Crippen LogP contribution in [0, 0.1) is 23.0 Å². The summed E-state index contributed by atoms with van der Waals surface area (Å²) in [4.78, 5) is 29.3. The molecule has 0 bridgehead atoms. The van der Waals surface area contributed by atoms with E-state index in [1.165, 1.54) is 5.56 Å². The van der Waals surface area contributed by atoms with Gasteiger partial charge in [0.05, 0.1) is 24.0 Å². The average Bonchev–Trinajstić information content (AvgIpc) is 2.92. The number of anilines is 2. The molecule has 0 spiro atoms. The van der Waals surface area contributed by atoms with Gasteiger partial charge >= 0.3 is 0 Å². The minimum atomic E-state index is -0.371. The Morgan fingerprint density at radius 3 is 2.65 bits per heavy atom. The molecule has 1 fully saturated rings. The van der Waals surface area contributed by atoms with Crippen LogP contribution in [0.3, 0.4) is 0 Å². The normalized spacial score (nSPS) is 18.5. The maximum Gasteiger partial charge on any atom is 0.269 e. The summed E-state index contributed by atoms with van der Waals surface area (Å²) in [5.74, 6) is 0.469. The fourth-order valence-corrected chi connectivity index (χ4v) is 5.57. The molecule has 0 saturated carbocycles. The summed E-state index contributed by atoms with van der Waals surface area (Å²) in [5, 5.41) is 14.6. The zero-order valence-corrected chi connectivity index (χ0v) is 21.2. The van der Waals surface area contributed by atoms with Crippen molar-refractivity contribution in [2.75, 3.05) is 43.1 Å². The second kappa shape index (κ2) is 10.5. The van der Waals surface area contributed by atoms with E-state index in [9.17, 15) is 14.9 Å². The number of methoxy groups -OCH3 is 1. The number of para-hydroxylation sites is 1. The SMILES string of the molecule is COc1ccccc1CCNC(=O)C1Cc2cc([N+](=O)[O-])ccc2N2CCN(c3ccc(C)cc3)CC12. The molecule has 1 amide bonds. The predicted molar refractivity (Wildman–Crippen MR) is 145 cm³/mol. The first-order valence-electron chi connectivity index (χ1n) is 12.7. The van der Waals surface area contributed by atoms with Gasteiger partial charge in [-0.3, -0.25) is 14.9 Å². The zero-order chi connectivity index (χ0) is 25.9. The highest BCUT2D eigenvalue weighted by atomic mass is 16.6. The van der Waals surface area contributed by atoms with Crippen LogP contribution >= 0.6 is 0 Å². The third-order valence-corrected chi connectivity index (χ3v) is 7.53. The second-order valence-electron chi connectivity index (χ2n) is 9.78. The summed E-state index contributed by atoms with van der Waals surface area (Å²) >= 11 is 0. The molecular formula is C29H32N4O4. The van der Waals surface area contributed by atoms with Crippen molar-refractivity contribution >= 4 is 23.0 Å². The van der Waals surface area contributed by atoms with Crippen LogP contribution in [0.1, 0.15) is 16.7 Å². The molecule has 2 unspecified atom stereocenters. The lowest BCUT2D eigenvalue weighted by Gasteiger charge is -2.49. The number of amides is 1. The highest BCUT2D eigenvalue weighted by molar-refractivity contribution is 5.82. The monoisotopic (exact) mass is 500 g/mol. The van der Waals surface area contributed by atoms with Gasteiger partial charge in [-0.2, -0.15) is 0 Å². The number of nitro benzene ring substituents is 1. The first-order valence-corrected chi connectivity index (χ1v) is 12.7. The number of aryl methyl sites for hydroxylation is 1. The number of nitrogens with zero attached hydrogens (tertiary/aromatic N) is 3. The first-order chi connectivity index (χ1) is 17.9. The molecular weight excluding hydrogens is 468 g/mol. The summed E-state index contributed by atoms with van der Waals surface area (Å²) in [6.45, 7) is 4.84. The van der Waals surface area contributed by atoms with E-state index in [2.05, 4.69) is 46.3 Å². The van der Waals surface area contributed by atoms with Gasteiger partial charge in [-0.25, -0.2) is 0 Å². The van der Waals surface area contributed by atoms with Gasteiger partial charge in [-0.1, -0.05) is 35.9 Å². The number of nitro groups is 1. The fraction of sp³-hybridized carbons (Fsp3) is 0.345. The molecule has 0 aromatic heterocycles. The van der Waals surface area contributed by atoms with Gasteiger partial charge in [-0.15, -0.1) is 0 Å². The number of ether oxygens (including phenoxy) is 1. The number of hydrogen-bond acceptors (Lipinski definition) is 6. The van der Waals surface area contributed by atoms with Gasteiger partial charge in [0.2, 0.25) is 5.91 Å². The highest BCUT2D eigenvalue weighted by Crippen LogP contribution is 2.38. The molecule has 0 aliphatic carbocycles. The van der Waals surface area contributed by atoms with Crippen molar-refractivity contribution in [1.29, 1.82) is 0 Å². The van der Waals surface area contributed by atoms with Crippen LogP contribution < -0.4 is 19.9 Å². The molecule has 8 heteroatoms. The van der Waals surface area contributed by atoms with Gasteiger partial charge < -0.3 is 19.9 Å². The third-order valence-electron chi connectivity index (χ3n) is 7.53. The third kappa shape index (κ3) is 5.09. The summed E-state index contributed by atoms with van der Waals surface area (Å²) in [6, 6.07) is 21.3. The average molecular weight is 501 g/mol. The number of piperazine rings is 1. The molecule has 5 rings (SSSR count). The minimum Gasteiger partial charge on any atom is -0.496 e. The zero-order valence-electron chi connectivity index (χ0n) is 21.2. The molecule has 192 valence electrons. The van der Waals surface area contributed by atoms with Crippen LogP contribution in [-0.2, 0) is 17.6 Å². The van der Waals surface area contributed by atoms with Gasteiger partial charge in [0.1, 0.15) is 5.75 Å². The smallest absolute Gasteiger partial charge is 0.269 e. The predicted octanol–water partition coefficient (Wildman–Crippen LogP) is 4.14. The summed E-state index contributed by atoms with van der Waals surface area (Å²) in [7, 11) is 1.65. The molecule has 8 nitrogen and oxygen atoms in total. The standard InChI is InChI=1S/C29H32N4O4/c1-20-7-9-23(10-8-20)31-15-16-32-26-12-11-24(33(35)36)17-22(26)18-25(27(32)19-31)29(34)30-14-13-21-5-3-4-6-28(21)37-2/h3-12,17,25,27H,13-16,18-19H2,1-2H3,(H,30,34). The lowest BCUT2D eigenvalue weighted by molar-refractivity contribution is -0.384. The molecule has 37 heavy (non-hydrogen) atoms. The minimum absolute atomic E-state index is 0.0205. The van der Waals surface area contributed by atoms with E-state index in [0.717, 1.165) is 41.3 Å². The Morgan fingerprint density at radius 2 is 1.89 bits per heavy atom. The quantitative estimate of drug-likeness (QED) is 0.388. The van der Waals surface area contributed by atoms with Gasteiger partial charge in [-0.05, 0) is 55.2 Å². The van der Waals surface area contributed by atoms with Crippen LogP contribution in [0.25, 0.3) is 0 Å². The number of nitrogens with one attached hydrogen (secondary N) is 1. The molecule has 3 aromatic rings. The van der Waals surface area contributed by atoms with Gasteiger partial charge in [0.15, 0.2) is 0 Å². The number of fused-ring (bicyclic) bond motifs is 3. The van der Waals surface area contributed by atoms with E-state index in [1.54, 1.807) is 19.2 Å². The van der Waals surface area contributed by atoms with Crippen LogP contribution in [0.5, 0.6) is 5.75 Å². The second-order valence-corrected chi connectivity index (χ2v) is 9.78. The van der Waals surface area contributed by atoms with Gasteiger partial charge in [0.25, 0.3) is 5.69 Å². The Labute approximate surface area is 217 Å². The molecule has 2 atom stereocenters. The lowest BCUT2D eigenvalue weighted by Crippen LogP contribution is -2.61. The van der Waals surface area contributed by atoms with Crippen molar-refractivity contribution in [2.24, 2.45) is 5.92 Å². The van der Waals surface area contributed by atoms with Crippen LogP contribution in [-0.4, -0.2) is 50.2 Å². The molecule has 1 N–H and O–H groups in total. The van der Waals surface area contributed by atoms with Crippen molar-refractivity contribution in [3.8, 4) is 5.75 Å². The molecule has 1 saturated heterocycles. The summed E-state index contributed by atoms with van der Waals surface area (Å²) in [5.41, 5.74) is 5.32. The summed E-state index contributed by atoms with van der Waals surface area (Å²) < 4.78 is 5.44. The Balaban J connectivity index is 1.38. The Hall–Kier alpha value is -4.07. The van der Waals surface area contributed by atoms with Crippen molar-refractivity contribution < 1.29 is 14.5 Å². The Morgan fingerprint density at radius 1 is 1.11 bits per heavy atom. The van der Waals surface area contributed by atoms with Gasteiger partial charge in [0, 0.05) is 49.7 Å². The summed E-state index contributed by atoms with van der Waals surface area (Å²) in [6.07, 6.45) is 1.13. The van der Waals surface area contributed by atoms with Crippen molar-refractivity contribution in [3.63, 3.8) is 0 Å². The van der Waals surface area contributed by atoms with E-state index in [1.807, 2.05) is 30.3 Å². The largest absolute Gasteiger partial charge is 0.496 e. The van der Waals surface area contributed by atoms with E-state index >= 15 is 0 Å². The molecule has 0 radical (unpaired) electrons. The van der Waals surface area contributed by atoms with Crippen LogP contribution in [0.15, 0.2) is 66.7 Å². The van der Waals surface area contributed by atoms with Crippen LogP contribution in [0.4, 0.5) is 17.1 Å².